The molecule has 1 aromatic carbocycles. The fourth-order valence-corrected chi connectivity index (χ4v) is 5.65. The van der Waals surface area contributed by atoms with E-state index in [1.807, 2.05) is 38.1 Å². The van der Waals surface area contributed by atoms with Gasteiger partial charge in [0.2, 0.25) is 0 Å². The Morgan fingerprint density at radius 2 is 2.00 bits per heavy atom. The molecule has 3 heterocycles. The Labute approximate surface area is 202 Å². The minimum atomic E-state index is -4.57. The van der Waals surface area contributed by atoms with Crippen molar-refractivity contribution < 1.29 is 22.8 Å². The zero-order valence-corrected chi connectivity index (χ0v) is 20.0. The molecule has 1 aliphatic heterocycles. The van der Waals surface area contributed by atoms with Crippen LogP contribution in [-0.4, -0.2) is 50.9 Å². The molecule has 1 unspecified atom stereocenters. The van der Waals surface area contributed by atoms with Crippen LogP contribution in [0.3, 0.4) is 0 Å². The van der Waals surface area contributed by atoms with Gasteiger partial charge in [-0.2, -0.15) is 13.2 Å². The highest BCUT2D eigenvalue weighted by Gasteiger charge is 2.34. The first kappa shape index (κ1) is 24.2. The topological polar surface area (TPSA) is 75.2 Å². The van der Waals surface area contributed by atoms with Crippen molar-refractivity contribution in [1.29, 1.82) is 0 Å². The van der Waals surface area contributed by atoms with Crippen molar-refractivity contribution in [3.63, 3.8) is 0 Å². The molecular formula is C23H21F3N4O2S2. The standard InChI is InChI=1S/C23H21F3N4O2S2/c1-13-4-3-5-15(10-13)20-19(29-14(2)34-20)22(32)30-8-9-33-18(30)12-28-21(31)16-6-7-17(27-11-16)23(24,25)26/h3-7,10-11,18H,8-9,12H2,1-2H3,(H,28,31). The number of hydrogen-bond donors (Lipinski definition) is 1. The molecule has 1 atom stereocenters. The van der Waals surface area contributed by atoms with Crippen LogP contribution in [0.5, 0.6) is 0 Å². The normalized spacial score (nSPS) is 16.0. The predicted molar refractivity (Wildman–Crippen MR) is 126 cm³/mol. The van der Waals surface area contributed by atoms with E-state index in [2.05, 4.69) is 15.3 Å². The lowest BCUT2D eigenvalue weighted by atomic mass is 10.1. The maximum atomic E-state index is 13.4. The van der Waals surface area contributed by atoms with Crippen LogP contribution >= 0.6 is 23.1 Å². The second-order valence-electron chi connectivity index (χ2n) is 7.74. The molecule has 6 nitrogen and oxygen atoms in total. The van der Waals surface area contributed by atoms with Gasteiger partial charge in [-0.1, -0.05) is 29.8 Å². The molecule has 1 fully saturated rings. The summed E-state index contributed by atoms with van der Waals surface area (Å²) < 4.78 is 38.0. The molecule has 0 aliphatic carbocycles. The number of amides is 2. The van der Waals surface area contributed by atoms with Gasteiger partial charge in [-0.05, 0) is 31.5 Å². The SMILES string of the molecule is Cc1cccc(-c2sc(C)nc2C(=O)N2CCSC2CNC(=O)c2ccc(C(F)(F)F)nc2)c1. The van der Waals surface area contributed by atoms with Gasteiger partial charge in [-0.15, -0.1) is 23.1 Å². The molecule has 1 aliphatic rings. The Hall–Kier alpha value is -2.92. The fraction of sp³-hybridized carbons (Fsp3) is 0.304. The molecule has 3 aromatic rings. The van der Waals surface area contributed by atoms with E-state index in [1.54, 1.807) is 4.90 Å². The quantitative estimate of drug-likeness (QED) is 0.539. The average Bonchev–Trinajstić information content (AvgIpc) is 3.43. The van der Waals surface area contributed by atoms with Crippen LogP contribution in [0, 0.1) is 13.8 Å². The monoisotopic (exact) mass is 506 g/mol. The number of thiazole rings is 1. The zero-order valence-electron chi connectivity index (χ0n) is 18.3. The van der Waals surface area contributed by atoms with E-state index in [-0.39, 0.29) is 23.4 Å². The highest BCUT2D eigenvalue weighted by atomic mass is 32.2. The average molecular weight is 507 g/mol. The van der Waals surface area contributed by atoms with Crippen LogP contribution in [0.25, 0.3) is 10.4 Å². The predicted octanol–water partition coefficient (Wildman–Crippen LogP) is 4.79. The third-order valence-corrected chi connectivity index (χ3v) is 7.47. The molecule has 2 aromatic heterocycles. The Kier molecular flexibility index (Phi) is 6.94. The number of aryl methyl sites for hydroxylation is 2. The molecule has 0 bridgehead atoms. The first-order valence-electron chi connectivity index (χ1n) is 10.4. The van der Waals surface area contributed by atoms with Crippen molar-refractivity contribution in [1.82, 2.24) is 20.2 Å². The van der Waals surface area contributed by atoms with Gasteiger partial charge in [-0.3, -0.25) is 14.6 Å². The van der Waals surface area contributed by atoms with Crippen LogP contribution in [0.2, 0.25) is 0 Å². The van der Waals surface area contributed by atoms with Gasteiger partial charge in [-0.25, -0.2) is 4.98 Å². The summed E-state index contributed by atoms with van der Waals surface area (Å²) in [6.07, 6.45) is -3.67. The van der Waals surface area contributed by atoms with E-state index >= 15 is 0 Å². The number of alkyl halides is 3. The van der Waals surface area contributed by atoms with Crippen molar-refractivity contribution in [3.8, 4) is 10.4 Å². The van der Waals surface area contributed by atoms with Gasteiger partial charge in [0.25, 0.3) is 11.8 Å². The molecule has 0 spiro atoms. The molecule has 4 rings (SSSR count). The van der Waals surface area contributed by atoms with Gasteiger partial charge in [0.05, 0.1) is 20.8 Å². The summed E-state index contributed by atoms with van der Waals surface area (Å²) in [7, 11) is 0. The molecule has 2 amide bonds. The van der Waals surface area contributed by atoms with Crippen molar-refractivity contribution in [2.24, 2.45) is 0 Å². The Morgan fingerprint density at radius 3 is 2.68 bits per heavy atom. The molecule has 11 heteroatoms. The lowest BCUT2D eigenvalue weighted by Gasteiger charge is -2.24. The smallest absolute Gasteiger partial charge is 0.349 e. The van der Waals surface area contributed by atoms with E-state index in [1.165, 1.54) is 23.1 Å². The first-order valence-corrected chi connectivity index (χ1v) is 12.3. The first-order chi connectivity index (χ1) is 16.1. The molecule has 0 radical (unpaired) electrons. The van der Waals surface area contributed by atoms with Crippen LogP contribution in [-0.2, 0) is 6.18 Å². The molecule has 1 N–H and O–H groups in total. The maximum Gasteiger partial charge on any atom is 0.433 e. The second-order valence-corrected chi connectivity index (χ2v) is 10.2. The summed E-state index contributed by atoms with van der Waals surface area (Å²) in [4.78, 5) is 36.2. The van der Waals surface area contributed by atoms with E-state index in [0.717, 1.165) is 39.3 Å². The van der Waals surface area contributed by atoms with Crippen molar-refractivity contribution in [2.45, 2.75) is 25.4 Å². The van der Waals surface area contributed by atoms with E-state index in [0.29, 0.717) is 18.0 Å². The number of carbonyl (C=O) groups is 2. The van der Waals surface area contributed by atoms with Gasteiger partial charge in [0, 0.05) is 25.0 Å². The number of nitrogens with one attached hydrogen (secondary N) is 1. The van der Waals surface area contributed by atoms with Crippen molar-refractivity contribution in [3.05, 3.63) is 70.1 Å². The minimum absolute atomic E-state index is 0.0192. The summed E-state index contributed by atoms with van der Waals surface area (Å²) >= 11 is 2.99. The Morgan fingerprint density at radius 1 is 1.21 bits per heavy atom. The van der Waals surface area contributed by atoms with Crippen LogP contribution < -0.4 is 5.32 Å². The molecule has 1 saturated heterocycles. The number of hydrogen-bond acceptors (Lipinski definition) is 6. The summed E-state index contributed by atoms with van der Waals surface area (Å²) in [5, 5.41) is 3.17. The third-order valence-electron chi connectivity index (χ3n) is 5.22. The Bertz CT molecular complexity index is 1210. The minimum Gasteiger partial charge on any atom is -0.349 e. The number of halogens is 3. The lowest BCUT2D eigenvalue weighted by Crippen LogP contribution is -2.42. The summed E-state index contributed by atoms with van der Waals surface area (Å²) in [5.74, 6) is -0.0517. The number of carbonyl (C=O) groups excluding carboxylic acids is 2. The maximum absolute atomic E-state index is 13.4. The summed E-state index contributed by atoms with van der Waals surface area (Å²) in [6, 6.07) is 9.74. The number of rotatable bonds is 5. The van der Waals surface area contributed by atoms with Crippen molar-refractivity contribution >= 4 is 34.9 Å². The summed E-state index contributed by atoms with van der Waals surface area (Å²) in [5.41, 5.74) is 1.36. The molecule has 0 saturated carbocycles. The highest BCUT2D eigenvalue weighted by Crippen LogP contribution is 2.34. The number of aromatic nitrogens is 2. The van der Waals surface area contributed by atoms with Gasteiger partial charge < -0.3 is 10.2 Å². The molecular weight excluding hydrogens is 485 g/mol. The van der Waals surface area contributed by atoms with Crippen molar-refractivity contribution in [2.75, 3.05) is 18.8 Å². The number of nitrogens with zero attached hydrogens (tertiary/aromatic N) is 3. The highest BCUT2D eigenvalue weighted by molar-refractivity contribution is 8.00. The third kappa shape index (κ3) is 5.25. The van der Waals surface area contributed by atoms with Gasteiger partial charge in [0.1, 0.15) is 11.4 Å². The van der Waals surface area contributed by atoms with E-state index < -0.39 is 17.8 Å². The molecule has 34 heavy (non-hydrogen) atoms. The van der Waals surface area contributed by atoms with Gasteiger partial charge >= 0.3 is 6.18 Å². The number of thioether (sulfide) groups is 1. The van der Waals surface area contributed by atoms with Crippen LogP contribution in [0.4, 0.5) is 13.2 Å². The lowest BCUT2D eigenvalue weighted by molar-refractivity contribution is -0.141. The van der Waals surface area contributed by atoms with Crippen LogP contribution in [0.1, 0.15) is 37.1 Å². The summed E-state index contributed by atoms with van der Waals surface area (Å²) in [6.45, 7) is 4.50. The van der Waals surface area contributed by atoms with E-state index in [4.69, 9.17) is 0 Å². The van der Waals surface area contributed by atoms with E-state index in [9.17, 15) is 22.8 Å². The molecule has 178 valence electrons. The van der Waals surface area contributed by atoms with Crippen LogP contribution in [0.15, 0.2) is 42.6 Å². The Balaban J connectivity index is 1.46. The number of pyridine rings is 1. The number of benzene rings is 1. The fourth-order valence-electron chi connectivity index (χ4n) is 3.59. The largest absolute Gasteiger partial charge is 0.433 e. The zero-order chi connectivity index (χ0) is 24.5. The second kappa shape index (κ2) is 9.75. The van der Waals surface area contributed by atoms with Gasteiger partial charge in [0.15, 0.2) is 0 Å².